The van der Waals surface area contributed by atoms with Gasteiger partial charge >= 0.3 is 0 Å². The second-order valence-electron chi connectivity index (χ2n) is 3.73. The summed E-state index contributed by atoms with van der Waals surface area (Å²) in [7, 11) is 0. The molecule has 1 fully saturated rings. The minimum Gasteiger partial charge on any atom is -0.469 e. The molecule has 2 rings (SSSR count). The lowest BCUT2D eigenvalue weighted by molar-refractivity contribution is -0.145. The van der Waals surface area contributed by atoms with E-state index in [1.807, 2.05) is 19.1 Å². The number of β-lactam (4-membered cyclic amide) rings is 1. The number of hydrogen-bond donors (Lipinski definition) is 1. The smallest absolute Gasteiger partial charge is 0.241 e. The van der Waals surface area contributed by atoms with Gasteiger partial charge in [0.05, 0.1) is 6.26 Å². The van der Waals surface area contributed by atoms with Crippen molar-refractivity contribution in [2.75, 3.05) is 6.54 Å². The van der Waals surface area contributed by atoms with Gasteiger partial charge in [0.15, 0.2) is 0 Å². The Morgan fingerprint density at radius 3 is 3.07 bits per heavy atom. The molecule has 1 aliphatic heterocycles. The monoisotopic (exact) mass is 194 g/mol. The van der Waals surface area contributed by atoms with Crippen molar-refractivity contribution in [2.45, 2.75) is 25.4 Å². The van der Waals surface area contributed by atoms with Gasteiger partial charge in [0.1, 0.15) is 11.8 Å². The summed E-state index contributed by atoms with van der Waals surface area (Å²) in [6, 6.07) is 3.66. The van der Waals surface area contributed by atoms with Crippen LogP contribution < -0.4 is 5.73 Å². The van der Waals surface area contributed by atoms with Crippen LogP contribution in [-0.4, -0.2) is 29.4 Å². The first-order valence-corrected chi connectivity index (χ1v) is 4.77. The van der Waals surface area contributed by atoms with Gasteiger partial charge in [-0.1, -0.05) is 0 Å². The molecule has 0 saturated carbocycles. The third kappa shape index (κ3) is 1.53. The van der Waals surface area contributed by atoms with Crippen LogP contribution in [0.1, 0.15) is 12.7 Å². The molecule has 1 aliphatic rings. The van der Waals surface area contributed by atoms with Gasteiger partial charge in [-0.15, -0.1) is 0 Å². The standard InChI is InChI=1S/C10H14N2O2/c1-7(5-8-3-2-4-14-8)12-6-9(11)10(12)13/h2-4,7,9H,5-6,11H2,1H3. The summed E-state index contributed by atoms with van der Waals surface area (Å²) in [6.45, 7) is 2.67. The van der Waals surface area contributed by atoms with Crippen molar-refractivity contribution in [1.82, 2.24) is 4.90 Å². The van der Waals surface area contributed by atoms with Gasteiger partial charge in [-0.3, -0.25) is 4.79 Å². The minimum atomic E-state index is -0.283. The quantitative estimate of drug-likeness (QED) is 0.708. The maximum Gasteiger partial charge on any atom is 0.241 e. The molecule has 2 N–H and O–H groups in total. The first-order chi connectivity index (χ1) is 6.68. The van der Waals surface area contributed by atoms with Crippen LogP contribution in [0.2, 0.25) is 0 Å². The lowest BCUT2D eigenvalue weighted by Crippen LogP contribution is -2.63. The van der Waals surface area contributed by atoms with Crippen LogP contribution in [0.3, 0.4) is 0 Å². The molecule has 4 nitrogen and oxygen atoms in total. The van der Waals surface area contributed by atoms with E-state index in [1.165, 1.54) is 0 Å². The predicted octanol–water partition coefficient (Wildman–Crippen LogP) is 0.380. The Hall–Kier alpha value is -1.29. The molecular formula is C10H14N2O2. The maximum absolute atomic E-state index is 11.3. The molecule has 1 saturated heterocycles. The number of carbonyl (C=O) groups excluding carboxylic acids is 1. The molecule has 0 aromatic carbocycles. The largest absolute Gasteiger partial charge is 0.469 e. The molecule has 2 heterocycles. The molecule has 2 atom stereocenters. The first-order valence-electron chi connectivity index (χ1n) is 4.77. The number of nitrogens with two attached hydrogens (primary N) is 1. The van der Waals surface area contributed by atoms with Crippen LogP contribution in [0.15, 0.2) is 22.8 Å². The van der Waals surface area contributed by atoms with E-state index in [9.17, 15) is 4.79 Å². The zero-order chi connectivity index (χ0) is 10.1. The normalized spacial score (nSPS) is 23.4. The van der Waals surface area contributed by atoms with Crippen molar-refractivity contribution in [3.63, 3.8) is 0 Å². The summed E-state index contributed by atoms with van der Waals surface area (Å²) in [5.74, 6) is 0.954. The number of hydrogen-bond acceptors (Lipinski definition) is 3. The molecule has 0 aliphatic carbocycles. The summed E-state index contributed by atoms with van der Waals surface area (Å²) < 4.78 is 5.22. The second-order valence-corrected chi connectivity index (χ2v) is 3.73. The third-order valence-electron chi connectivity index (χ3n) is 2.60. The van der Waals surface area contributed by atoms with Gasteiger partial charge in [0.2, 0.25) is 5.91 Å². The maximum atomic E-state index is 11.3. The Morgan fingerprint density at radius 1 is 1.79 bits per heavy atom. The Morgan fingerprint density at radius 2 is 2.57 bits per heavy atom. The van der Waals surface area contributed by atoms with Gasteiger partial charge < -0.3 is 15.1 Å². The number of furan rings is 1. The molecule has 0 bridgehead atoms. The topological polar surface area (TPSA) is 59.5 Å². The average Bonchev–Trinajstić information content (AvgIpc) is 2.65. The molecule has 2 unspecified atom stereocenters. The van der Waals surface area contributed by atoms with Gasteiger partial charge in [0, 0.05) is 19.0 Å². The highest BCUT2D eigenvalue weighted by Crippen LogP contribution is 2.16. The van der Waals surface area contributed by atoms with Crippen molar-refractivity contribution in [3.05, 3.63) is 24.2 Å². The molecular weight excluding hydrogens is 180 g/mol. The number of likely N-dealkylation sites (tertiary alicyclic amines) is 1. The summed E-state index contributed by atoms with van der Waals surface area (Å²) in [4.78, 5) is 13.1. The molecule has 76 valence electrons. The second kappa shape index (κ2) is 3.46. The number of carbonyl (C=O) groups is 1. The predicted molar refractivity (Wildman–Crippen MR) is 51.6 cm³/mol. The molecule has 1 amide bonds. The number of rotatable bonds is 3. The van der Waals surface area contributed by atoms with Gasteiger partial charge in [-0.05, 0) is 19.1 Å². The third-order valence-corrected chi connectivity index (χ3v) is 2.60. The molecule has 4 heteroatoms. The Bertz CT molecular complexity index is 321. The van der Waals surface area contributed by atoms with Crippen molar-refractivity contribution < 1.29 is 9.21 Å². The highest BCUT2D eigenvalue weighted by atomic mass is 16.3. The highest BCUT2D eigenvalue weighted by Gasteiger charge is 2.36. The van der Waals surface area contributed by atoms with E-state index >= 15 is 0 Å². The van der Waals surface area contributed by atoms with Gasteiger partial charge in [-0.25, -0.2) is 0 Å². The first kappa shape index (κ1) is 9.27. The van der Waals surface area contributed by atoms with E-state index in [0.717, 1.165) is 12.2 Å². The van der Waals surface area contributed by atoms with Crippen LogP contribution >= 0.6 is 0 Å². The molecule has 1 aromatic heterocycles. The lowest BCUT2D eigenvalue weighted by atomic mass is 10.0. The summed E-state index contributed by atoms with van der Waals surface area (Å²) in [5, 5.41) is 0. The Labute approximate surface area is 82.7 Å². The fourth-order valence-electron chi connectivity index (χ4n) is 1.71. The fourth-order valence-corrected chi connectivity index (χ4v) is 1.71. The molecule has 14 heavy (non-hydrogen) atoms. The lowest BCUT2D eigenvalue weighted by Gasteiger charge is -2.40. The SMILES string of the molecule is CC(Cc1ccco1)N1CC(N)C1=O. The van der Waals surface area contributed by atoms with Crippen LogP contribution in [0.25, 0.3) is 0 Å². The van der Waals surface area contributed by atoms with E-state index in [4.69, 9.17) is 10.2 Å². The van der Waals surface area contributed by atoms with E-state index < -0.39 is 0 Å². The van der Waals surface area contributed by atoms with Crippen molar-refractivity contribution in [1.29, 1.82) is 0 Å². The van der Waals surface area contributed by atoms with Crippen LogP contribution in [0.4, 0.5) is 0 Å². The molecule has 1 aromatic rings. The van der Waals surface area contributed by atoms with Gasteiger partial charge in [-0.2, -0.15) is 0 Å². The fraction of sp³-hybridized carbons (Fsp3) is 0.500. The molecule has 0 spiro atoms. The highest BCUT2D eigenvalue weighted by molar-refractivity contribution is 5.87. The van der Waals surface area contributed by atoms with Crippen molar-refractivity contribution in [3.8, 4) is 0 Å². The van der Waals surface area contributed by atoms with E-state index in [1.54, 1.807) is 11.2 Å². The average molecular weight is 194 g/mol. The molecule has 0 radical (unpaired) electrons. The van der Waals surface area contributed by atoms with Crippen molar-refractivity contribution in [2.24, 2.45) is 5.73 Å². The Balaban J connectivity index is 1.91. The zero-order valence-electron chi connectivity index (χ0n) is 8.14. The van der Waals surface area contributed by atoms with Crippen molar-refractivity contribution >= 4 is 5.91 Å². The zero-order valence-corrected chi connectivity index (χ0v) is 8.14. The van der Waals surface area contributed by atoms with Crippen LogP contribution in [0, 0.1) is 0 Å². The van der Waals surface area contributed by atoms with Crippen LogP contribution in [0.5, 0.6) is 0 Å². The van der Waals surface area contributed by atoms with E-state index in [2.05, 4.69) is 0 Å². The van der Waals surface area contributed by atoms with Crippen LogP contribution in [-0.2, 0) is 11.2 Å². The summed E-state index contributed by atoms with van der Waals surface area (Å²) >= 11 is 0. The van der Waals surface area contributed by atoms with E-state index in [-0.39, 0.29) is 18.0 Å². The number of amides is 1. The Kier molecular flexibility index (Phi) is 2.29. The van der Waals surface area contributed by atoms with E-state index in [0.29, 0.717) is 6.54 Å². The summed E-state index contributed by atoms with van der Waals surface area (Å²) in [5.41, 5.74) is 5.51. The summed E-state index contributed by atoms with van der Waals surface area (Å²) in [6.07, 6.45) is 2.40. The number of nitrogens with zero attached hydrogens (tertiary/aromatic N) is 1. The minimum absolute atomic E-state index is 0.0454. The van der Waals surface area contributed by atoms with Gasteiger partial charge in [0.25, 0.3) is 0 Å².